The number of carbonyl (C=O) groups excluding carboxylic acids is 1. The lowest BCUT2D eigenvalue weighted by Crippen LogP contribution is -2.28. The average Bonchev–Trinajstić information content (AvgIpc) is 3.02. The van der Waals surface area contributed by atoms with E-state index in [0.717, 1.165) is 43.2 Å². The van der Waals surface area contributed by atoms with Crippen molar-refractivity contribution in [2.45, 2.75) is 32.1 Å². The molecule has 0 spiro atoms. The number of hydrogen-bond acceptors (Lipinski definition) is 4. The molecule has 9 heteroatoms. The Morgan fingerprint density at radius 3 is 2.85 bits per heavy atom. The molecule has 0 bridgehead atoms. The van der Waals surface area contributed by atoms with Crippen LogP contribution in [0.1, 0.15) is 23.4 Å². The van der Waals surface area contributed by atoms with E-state index in [9.17, 15) is 18.0 Å². The normalized spacial score (nSPS) is 14.0. The molecule has 2 aromatic rings. The van der Waals surface area contributed by atoms with Crippen molar-refractivity contribution in [1.29, 1.82) is 0 Å². The number of nitrogens with one attached hydrogen (secondary N) is 2. The Bertz CT molecular complexity index is 778. The van der Waals surface area contributed by atoms with E-state index in [0.29, 0.717) is 6.42 Å². The fourth-order valence-corrected chi connectivity index (χ4v) is 2.79. The maximum absolute atomic E-state index is 12.9. The molecule has 3 rings (SSSR count). The Balaban J connectivity index is 1.63. The van der Waals surface area contributed by atoms with Crippen molar-refractivity contribution >= 4 is 11.6 Å². The first-order chi connectivity index (χ1) is 12.3. The van der Waals surface area contributed by atoms with Gasteiger partial charge in [-0.1, -0.05) is 0 Å². The second kappa shape index (κ2) is 7.36. The number of anilines is 1. The molecule has 0 fully saturated rings. The van der Waals surface area contributed by atoms with E-state index >= 15 is 0 Å². The molecular weight excluding hydrogens is 349 g/mol. The number of alkyl halides is 3. The third-order valence-electron chi connectivity index (χ3n) is 4.08. The minimum absolute atomic E-state index is 0.0319. The molecule has 1 aromatic carbocycles. The topological polar surface area (TPSA) is 68.2 Å². The Kier molecular flexibility index (Phi) is 5.17. The first-order valence-electron chi connectivity index (χ1n) is 8.17. The van der Waals surface area contributed by atoms with E-state index in [1.165, 1.54) is 13.2 Å². The standard InChI is InChI=1S/C17H19F3N4O2/c1-26-15-7-11(17(18,19)20)6-13(9-15)22-16(25)3-2-12-8-14-10-21-4-5-24(14)23-12/h6-9,21H,2-5,10H2,1H3,(H,22,25). The van der Waals surface area contributed by atoms with Crippen molar-refractivity contribution in [3.63, 3.8) is 0 Å². The molecule has 0 saturated carbocycles. The number of amides is 1. The van der Waals surface area contributed by atoms with Crippen LogP contribution in [0, 0.1) is 0 Å². The van der Waals surface area contributed by atoms with Gasteiger partial charge in [-0.25, -0.2) is 0 Å². The number of benzene rings is 1. The number of methoxy groups -OCH3 is 1. The predicted octanol–water partition coefficient (Wildman–Crippen LogP) is 2.59. The van der Waals surface area contributed by atoms with Gasteiger partial charge in [-0.3, -0.25) is 9.48 Å². The summed E-state index contributed by atoms with van der Waals surface area (Å²) >= 11 is 0. The van der Waals surface area contributed by atoms with Crippen LogP contribution in [0.3, 0.4) is 0 Å². The highest BCUT2D eigenvalue weighted by Crippen LogP contribution is 2.34. The Morgan fingerprint density at radius 2 is 2.15 bits per heavy atom. The van der Waals surface area contributed by atoms with Gasteiger partial charge < -0.3 is 15.4 Å². The van der Waals surface area contributed by atoms with Crippen LogP contribution >= 0.6 is 0 Å². The summed E-state index contributed by atoms with van der Waals surface area (Å²) in [6.07, 6.45) is -3.97. The van der Waals surface area contributed by atoms with Gasteiger partial charge in [-0.15, -0.1) is 0 Å². The Hall–Kier alpha value is -2.55. The van der Waals surface area contributed by atoms with Gasteiger partial charge in [0.2, 0.25) is 5.91 Å². The zero-order valence-electron chi connectivity index (χ0n) is 14.2. The van der Waals surface area contributed by atoms with Crippen LogP contribution in [0.15, 0.2) is 24.3 Å². The summed E-state index contributed by atoms with van der Waals surface area (Å²) in [5, 5.41) is 10.2. The van der Waals surface area contributed by atoms with Crippen molar-refractivity contribution in [2.75, 3.05) is 19.0 Å². The van der Waals surface area contributed by atoms with E-state index < -0.39 is 11.7 Å². The lowest BCUT2D eigenvalue weighted by atomic mass is 10.1. The number of fused-ring (bicyclic) bond motifs is 1. The first-order valence-corrected chi connectivity index (χ1v) is 8.17. The molecule has 140 valence electrons. The van der Waals surface area contributed by atoms with Gasteiger partial charge in [0, 0.05) is 37.7 Å². The highest BCUT2D eigenvalue weighted by atomic mass is 19.4. The molecule has 26 heavy (non-hydrogen) atoms. The van der Waals surface area contributed by atoms with Gasteiger partial charge in [0.25, 0.3) is 0 Å². The lowest BCUT2D eigenvalue weighted by molar-refractivity contribution is -0.137. The third-order valence-corrected chi connectivity index (χ3v) is 4.08. The largest absolute Gasteiger partial charge is 0.497 e. The van der Waals surface area contributed by atoms with Gasteiger partial charge in [0.05, 0.1) is 30.6 Å². The second-order valence-corrected chi connectivity index (χ2v) is 6.02. The number of halogens is 3. The van der Waals surface area contributed by atoms with Gasteiger partial charge in [0.1, 0.15) is 5.75 Å². The molecule has 0 atom stereocenters. The van der Waals surface area contributed by atoms with Crippen molar-refractivity contribution in [2.24, 2.45) is 0 Å². The highest BCUT2D eigenvalue weighted by molar-refractivity contribution is 5.91. The molecule has 1 aliphatic rings. The van der Waals surface area contributed by atoms with Gasteiger partial charge in [-0.2, -0.15) is 18.3 Å². The Morgan fingerprint density at radius 1 is 1.35 bits per heavy atom. The van der Waals surface area contributed by atoms with E-state index in [1.807, 2.05) is 10.7 Å². The monoisotopic (exact) mass is 368 g/mol. The highest BCUT2D eigenvalue weighted by Gasteiger charge is 2.31. The number of rotatable bonds is 5. The van der Waals surface area contributed by atoms with Crippen molar-refractivity contribution in [3.8, 4) is 5.75 Å². The SMILES string of the molecule is COc1cc(NC(=O)CCc2cc3n(n2)CCNC3)cc(C(F)(F)F)c1. The third kappa shape index (κ3) is 4.34. The molecule has 0 radical (unpaired) electrons. The van der Waals surface area contributed by atoms with Crippen LogP contribution < -0.4 is 15.4 Å². The molecule has 0 aliphatic carbocycles. The fraction of sp³-hybridized carbons (Fsp3) is 0.412. The molecule has 0 saturated heterocycles. The van der Waals surface area contributed by atoms with Crippen LogP contribution in [-0.2, 0) is 30.5 Å². The second-order valence-electron chi connectivity index (χ2n) is 6.02. The van der Waals surface area contributed by atoms with Crippen molar-refractivity contribution in [1.82, 2.24) is 15.1 Å². The van der Waals surface area contributed by atoms with E-state index in [2.05, 4.69) is 15.7 Å². The maximum atomic E-state index is 12.9. The first kappa shape index (κ1) is 18.2. The van der Waals surface area contributed by atoms with Gasteiger partial charge in [-0.05, 0) is 18.2 Å². The number of aromatic nitrogens is 2. The number of nitrogens with zero attached hydrogens (tertiary/aromatic N) is 2. The quantitative estimate of drug-likeness (QED) is 0.851. The maximum Gasteiger partial charge on any atom is 0.416 e. The number of carbonyl (C=O) groups is 1. The van der Waals surface area contributed by atoms with Crippen LogP contribution in [0.4, 0.5) is 18.9 Å². The molecule has 2 N–H and O–H groups in total. The molecule has 1 aliphatic heterocycles. The summed E-state index contributed by atoms with van der Waals surface area (Å²) in [7, 11) is 1.27. The number of ether oxygens (including phenoxy) is 1. The minimum Gasteiger partial charge on any atom is -0.497 e. The lowest BCUT2D eigenvalue weighted by Gasteiger charge is -2.13. The molecule has 1 aromatic heterocycles. The van der Waals surface area contributed by atoms with Crippen LogP contribution in [0.2, 0.25) is 0 Å². The zero-order chi connectivity index (χ0) is 18.7. The van der Waals surface area contributed by atoms with Crippen molar-refractivity contribution in [3.05, 3.63) is 41.2 Å². The smallest absolute Gasteiger partial charge is 0.416 e. The molecule has 0 unspecified atom stereocenters. The molecule has 2 heterocycles. The van der Waals surface area contributed by atoms with E-state index in [-0.39, 0.29) is 23.8 Å². The summed E-state index contributed by atoms with van der Waals surface area (Å²) in [5.41, 5.74) is 1.03. The molecule has 6 nitrogen and oxygen atoms in total. The van der Waals surface area contributed by atoms with Crippen LogP contribution in [-0.4, -0.2) is 29.3 Å². The predicted molar refractivity (Wildman–Crippen MR) is 88.9 cm³/mol. The summed E-state index contributed by atoms with van der Waals surface area (Å²) < 4.78 is 45.5. The van der Waals surface area contributed by atoms with Gasteiger partial charge >= 0.3 is 6.18 Å². The van der Waals surface area contributed by atoms with Gasteiger partial charge in [0.15, 0.2) is 0 Å². The Labute approximate surface area is 148 Å². The van der Waals surface area contributed by atoms with E-state index in [4.69, 9.17) is 4.74 Å². The summed E-state index contributed by atoms with van der Waals surface area (Å²) in [6, 6.07) is 5.07. The van der Waals surface area contributed by atoms with E-state index in [1.54, 1.807) is 0 Å². The number of aryl methyl sites for hydroxylation is 1. The zero-order valence-corrected chi connectivity index (χ0v) is 14.2. The number of hydrogen-bond donors (Lipinski definition) is 2. The van der Waals surface area contributed by atoms with Crippen molar-refractivity contribution < 1.29 is 22.7 Å². The van der Waals surface area contributed by atoms with Crippen LogP contribution in [0.25, 0.3) is 0 Å². The van der Waals surface area contributed by atoms with Crippen LogP contribution in [0.5, 0.6) is 5.75 Å². The summed E-state index contributed by atoms with van der Waals surface area (Å²) in [4.78, 5) is 12.1. The molecular formula is C17H19F3N4O2. The summed E-state index contributed by atoms with van der Waals surface area (Å²) in [6.45, 7) is 2.38. The minimum atomic E-state index is -4.52. The molecule has 1 amide bonds. The fourth-order valence-electron chi connectivity index (χ4n) is 2.79. The average molecular weight is 368 g/mol. The summed E-state index contributed by atoms with van der Waals surface area (Å²) in [5.74, 6) is -0.347.